The molecule has 1 unspecified atom stereocenters. The van der Waals surface area contributed by atoms with Gasteiger partial charge in [-0.05, 0) is 28.8 Å². The number of anilines is 1. The van der Waals surface area contributed by atoms with Gasteiger partial charge in [0.1, 0.15) is 12.1 Å². The average molecular weight is 434 g/mol. The van der Waals surface area contributed by atoms with E-state index in [-0.39, 0.29) is 12.4 Å². The largest absolute Gasteiger partial charge is 0.481 e. The molecule has 0 aliphatic rings. The Labute approximate surface area is 182 Å². The van der Waals surface area contributed by atoms with E-state index >= 15 is 0 Å². The maximum absolute atomic E-state index is 13.2. The van der Waals surface area contributed by atoms with Crippen molar-refractivity contribution in [3.05, 3.63) is 73.1 Å². The molecule has 2 heterocycles. The van der Waals surface area contributed by atoms with E-state index < -0.39 is 11.9 Å². The van der Waals surface area contributed by atoms with Crippen molar-refractivity contribution in [1.82, 2.24) is 15.0 Å². The Morgan fingerprint density at radius 1 is 1.00 bits per heavy atom. The lowest BCUT2D eigenvalue weighted by molar-refractivity contribution is -0.140. The Morgan fingerprint density at radius 3 is 2.19 bits per heavy atom. The molecule has 0 amide bonds. The monoisotopic (exact) mass is 434 g/mol. The van der Waals surface area contributed by atoms with Crippen LogP contribution in [0, 0.1) is 11.7 Å². The highest BCUT2D eigenvalue weighted by Crippen LogP contribution is 2.39. The lowest BCUT2D eigenvalue weighted by Crippen LogP contribution is -2.19. The minimum absolute atomic E-state index is 0.267. The number of hydrogen-bond donors (Lipinski definition) is 2. The first-order valence-corrected chi connectivity index (χ1v) is 10.4. The second-order valence-electron chi connectivity index (χ2n) is 7.03. The van der Waals surface area contributed by atoms with Crippen molar-refractivity contribution in [2.75, 3.05) is 11.9 Å². The van der Waals surface area contributed by atoms with Crippen LogP contribution < -0.4 is 5.32 Å². The third-order valence-electron chi connectivity index (χ3n) is 4.77. The van der Waals surface area contributed by atoms with Gasteiger partial charge in [-0.3, -0.25) is 4.79 Å². The van der Waals surface area contributed by atoms with Crippen LogP contribution >= 0.6 is 11.3 Å². The lowest BCUT2D eigenvalue weighted by atomic mass is 10.0. The highest BCUT2D eigenvalue weighted by Gasteiger charge is 2.17. The number of halogens is 1. The second kappa shape index (κ2) is 9.01. The summed E-state index contributed by atoms with van der Waals surface area (Å²) in [6, 6.07) is 14.3. The van der Waals surface area contributed by atoms with E-state index in [9.17, 15) is 9.18 Å². The number of benzene rings is 2. The fraction of sp³-hybridized carbons (Fsp3) is 0.130. The van der Waals surface area contributed by atoms with Crippen LogP contribution in [0.25, 0.3) is 32.8 Å². The van der Waals surface area contributed by atoms with Gasteiger partial charge in [-0.25, -0.2) is 19.3 Å². The first-order chi connectivity index (χ1) is 15.0. The lowest BCUT2D eigenvalue weighted by Gasteiger charge is -2.06. The zero-order valence-corrected chi connectivity index (χ0v) is 17.4. The number of aromatic nitrogens is 3. The molecular formula is C23H19FN4O2S. The molecule has 0 fully saturated rings. The summed E-state index contributed by atoms with van der Waals surface area (Å²) >= 11 is 1.44. The van der Waals surface area contributed by atoms with Crippen LogP contribution in [0.1, 0.15) is 6.92 Å². The molecular weight excluding hydrogens is 415 g/mol. The van der Waals surface area contributed by atoms with Gasteiger partial charge < -0.3 is 10.4 Å². The van der Waals surface area contributed by atoms with E-state index in [1.807, 2.05) is 24.3 Å². The molecule has 0 radical (unpaired) electrons. The Morgan fingerprint density at radius 2 is 1.58 bits per heavy atom. The Bertz CT molecular complexity index is 1180. The van der Waals surface area contributed by atoms with Crippen LogP contribution in [-0.4, -0.2) is 32.6 Å². The van der Waals surface area contributed by atoms with Gasteiger partial charge in [0, 0.05) is 24.5 Å². The number of nitrogens with zero attached hydrogens (tertiary/aromatic N) is 3. The van der Waals surface area contributed by atoms with Gasteiger partial charge in [0.15, 0.2) is 5.13 Å². The molecule has 0 saturated carbocycles. The molecule has 2 N–H and O–H groups in total. The van der Waals surface area contributed by atoms with Gasteiger partial charge in [0.25, 0.3) is 0 Å². The number of carboxylic acid groups (broad SMARTS) is 1. The van der Waals surface area contributed by atoms with Crippen LogP contribution in [0.5, 0.6) is 0 Å². The predicted octanol–water partition coefficient (Wildman–Crippen LogP) is 5.21. The zero-order valence-electron chi connectivity index (χ0n) is 16.6. The Hall–Kier alpha value is -3.65. The van der Waals surface area contributed by atoms with E-state index in [1.165, 1.54) is 29.8 Å². The van der Waals surface area contributed by atoms with Crippen molar-refractivity contribution < 1.29 is 14.3 Å². The quantitative estimate of drug-likeness (QED) is 0.415. The molecule has 2 aromatic heterocycles. The minimum atomic E-state index is -0.864. The first kappa shape index (κ1) is 20.6. The van der Waals surface area contributed by atoms with E-state index in [0.717, 1.165) is 32.8 Å². The molecule has 2 aromatic carbocycles. The zero-order chi connectivity index (χ0) is 21.8. The number of carboxylic acids is 1. The molecule has 0 aliphatic carbocycles. The van der Waals surface area contributed by atoms with Crippen LogP contribution in [0.3, 0.4) is 0 Å². The van der Waals surface area contributed by atoms with E-state index in [2.05, 4.69) is 20.3 Å². The molecule has 0 bridgehead atoms. The summed E-state index contributed by atoms with van der Waals surface area (Å²) in [5, 5.41) is 12.9. The van der Waals surface area contributed by atoms with Gasteiger partial charge >= 0.3 is 5.97 Å². The molecule has 31 heavy (non-hydrogen) atoms. The first-order valence-electron chi connectivity index (χ1n) is 9.60. The summed E-state index contributed by atoms with van der Waals surface area (Å²) in [6.45, 7) is 1.92. The van der Waals surface area contributed by atoms with Crippen molar-refractivity contribution in [3.8, 4) is 32.8 Å². The van der Waals surface area contributed by atoms with E-state index in [4.69, 9.17) is 5.11 Å². The van der Waals surface area contributed by atoms with Crippen molar-refractivity contribution in [1.29, 1.82) is 0 Å². The second-order valence-corrected chi connectivity index (χ2v) is 8.03. The van der Waals surface area contributed by atoms with Crippen molar-refractivity contribution in [3.63, 3.8) is 0 Å². The van der Waals surface area contributed by atoms with Crippen molar-refractivity contribution in [2.45, 2.75) is 6.92 Å². The molecule has 0 aliphatic heterocycles. The number of thiazole rings is 1. The van der Waals surface area contributed by atoms with Crippen LogP contribution in [0.15, 0.2) is 67.3 Å². The highest BCUT2D eigenvalue weighted by atomic mass is 32.1. The third kappa shape index (κ3) is 4.75. The fourth-order valence-electron chi connectivity index (χ4n) is 2.99. The molecule has 0 saturated heterocycles. The summed E-state index contributed by atoms with van der Waals surface area (Å²) in [5.41, 5.74) is 4.37. The number of aliphatic carboxylic acids is 1. The van der Waals surface area contributed by atoms with Gasteiger partial charge in [0.05, 0.1) is 16.5 Å². The summed E-state index contributed by atoms with van der Waals surface area (Å²) in [7, 11) is 0. The minimum Gasteiger partial charge on any atom is -0.481 e. The van der Waals surface area contributed by atoms with Crippen LogP contribution in [-0.2, 0) is 4.79 Å². The average Bonchev–Trinajstić information content (AvgIpc) is 3.23. The number of carbonyl (C=O) groups is 1. The van der Waals surface area contributed by atoms with E-state index in [1.54, 1.807) is 31.5 Å². The fourth-order valence-corrected chi connectivity index (χ4v) is 3.99. The predicted molar refractivity (Wildman–Crippen MR) is 119 cm³/mol. The van der Waals surface area contributed by atoms with Gasteiger partial charge in [-0.15, -0.1) is 0 Å². The molecule has 8 heteroatoms. The standard InChI is InChI=1S/C23H19FN4O2S/c1-14(22(29)30)10-27-23-28-20(18-11-25-13-26-12-18)21(31-23)17-4-2-15(3-5-17)16-6-8-19(24)9-7-16/h2-9,11-14H,10H2,1H3,(H,27,28)(H,29,30). The summed E-state index contributed by atoms with van der Waals surface area (Å²) in [6.07, 6.45) is 4.85. The molecule has 1 atom stereocenters. The molecule has 0 spiro atoms. The Kier molecular flexibility index (Phi) is 5.99. The third-order valence-corrected chi connectivity index (χ3v) is 5.83. The maximum atomic E-state index is 13.2. The van der Waals surface area contributed by atoms with Crippen LogP contribution in [0.4, 0.5) is 9.52 Å². The molecule has 4 rings (SSSR count). The summed E-state index contributed by atoms with van der Waals surface area (Å²) in [5.74, 6) is -1.67. The van der Waals surface area contributed by atoms with Crippen molar-refractivity contribution >= 4 is 22.4 Å². The number of rotatable bonds is 7. The van der Waals surface area contributed by atoms with Gasteiger partial charge in [-0.2, -0.15) is 0 Å². The normalized spacial score (nSPS) is 11.8. The smallest absolute Gasteiger partial charge is 0.308 e. The van der Waals surface area contributed by atoms with Gasteiger partial charge in [-0.1, -0.05) is 54.7 Å². The summed E-state index contributed by atoms with van der Waals surface area (Å²) in [4.78, 5) is 24.9. The topological polar surface area (TPSA) is 88.0 Å². The molecule has 156 valence electrons. The van der Waals surface area contributed by atoms with E-state index in [0.29, 0.717) is 5.13 Å². The van der Waals surface area contributed by atoms with Crippen molar-refractivity contribution in [2.24, 2.45) is 5.92 Å². The maximum Gasteiger partial charge on any atom is 0.308 e. The Balaban J connectivity index is 1.67. The molecule has 6 nitrogen and oxygen atoms in total. The number of nitrogens with one attached hydrogen (secondary N) is 1. The van der Waals surface area contributed by atoms with Crippen LogP contribution in [0.2, 0.25) is 0 Å². The molecule has 4 aromatic rings. The van der Waals surface area contributed by atoms with Gasteiger partial charge in [0.2, 0.25) is 0 Å². The summed E-state index contributed by atoms with van der Waals surface area (Å²) < 4.78 is 13.2. The SMILES string of the molecule is CC(CNc1nc(-c2cncnc2)c(-c2ccc(-c3ccc(F)cc3)cc2)s1)C(=O)O. The highest BCUT2D eigenvalue weighted by molar-refractivity contribution is 7.19. The number of hydrogen-bond acceptors (Lipinski definition) is 6.